The highest BCUT2D eigenvalue weighted by Crippen LogP contribution is 2.03. The summed E-state index contributed by atoms with van der Waals surface area (Å²) in [6.07, 6.45) is 3.69. The largest absolute Gasteiger partial charge is 0.147 e. The van der Waals surface area contributed by atoms with Crippen LogP contribution in [0.25, 0.3) is 12.2 Å². The summed E-state index contributed by atoms with van der Waals surface area (Å²) in [7, 11) is 0. The van der Waals surface area contributed by atoms with Gasteiger partial charge in [0.1, 0.15) is 0 Å². The molecule has 0 heterocycles. The number of hydrogen-bond donors (Lipinski definition) is 0. The van der Waals surface area contributed by atoms with Gasteiger partial charge in [0.25, 0.3) is 0 Å². The zero-order valence-corrected chi connectivity index (χ0v) is 13.6. The standard InChI is InChI=1S/2C9H10.2ClH/c2*1-3-9-6-4-8(2)5-7-9;;/h2*3-7H,1H2,2H3;2*1H. The molecule has 20 heavy (non-hydrogen) atoms. The molecule has 0 spiro atoms. The van der Waals surface area contributed by atoms with Crippen LogP contribution < -0.4 is 0 Å². The van der Waals surface area contributed by atoms with E-state index in [2.05, 4.69) is 75.5 Å². The van der Waals surface area contributed by atoms with E-state index in [4.69, 9.17) is 0 Å². The lowest BCUT2D eigenvalue weighted by Crippen LogP contribution is -1.71. The van der Waals surface area contributed by atoms with Crippen molar-refractivity contribution < 1.29 is 0 Å². The number of rotatable bonds is 2. The molecule has 2 rings (SSSR count). The minimum absolute atomic E-state index is 0. The van der Waals surface area contributed by atoms with Crippen LogP contribution in [0.5, 0.6) is 0 Å². The molecule has 0 aliphatic carbocycles. The van der Waals surface area contributed by atoms with E-state index in [0.29, 0.717) is 0 Å². The quantitative estimate of drug-likeness (QED) is 0.627. The third-order valence-electron chi connectivity index (χ3n) is 2.63. The van der Waals surface area contributed by atoms with Gasteiger partial charge in [-0.2, -0.15) is 0 Å². The first-order chi connectivity index (χ1) is 8.65. The maximum absolute atomic E-state index is 3.66. The van der Waals surface area contributed by atoms with Crippen LogP contribution in [0.4, 0.5) is 0 Å². The predicted molar refractivity (Wildman–Crippen MR) is 97.0 cm³/mol. The molecule has 2 aromatic rings. The summed E-state index contributed by atoms with van der Waals surface area (Å²) in [5, 5.41) is 0. The molecule has 0 aromatic heterocycles. The van der Waals surface area contributed by atoms with Gasteiger partial charge in [-0.1, -0.05) is 85.0 Å². The van der Waals surface area contributed by atoms with Crippen LogP contribution in [0.2, 0.25) is 0 Å². The number of halogens is 2. The first kappa shape index (κ1) is 20.8. The van der Waals surface area contributed by atoms with Gasteiger partial charge in [0.2, 0.25) is 0 Å². The van der Waals surface area contributed by atoms with Crippen LogP contribution >= 0.6 is 24.8 Å². The lowest BCUT2D eigenvalue weighted by molar-refractivity contribution is 1.46. The average molecular weight is 309 g/mol. The smallest absolute Gasteiger partial charge is 0.0262 e. The summed E-state index contributed by atoms with van der Waals surface area (Å²) < 4.78 is 0. The molecule has 0 unspecified atom stereocenters. The van der Waals surface area contributed by atoms with E-state index in [1.807, 2.05) is 12.2 Å². The molecule has 0 nitrogen and oxygen atoms in total. The highest BCUT2D eigenvalue weighted by molar-refractivity contribution is 5.85. The first-order valence-corrected chi connectivity index (χ1v) is 6.04. The molecule has 0 N–H and O–H groups in total. The van der Waals surface area contributed by atoms with Crippen LogP contribution in [0, 0.1) is 13.8 Å². The molecule has 0 fully saturated rings. The molecular formula is C18H22Cl2. The van der Waals surface area contributed by atoms with Crippen LogP contribution in [0.1, 0.15) is 22.3 Å². The lowest BCUT2D eigenvalue weighted by Gasteiger charge is -1.91. The van der Waals surface area contributed by atoms with Gasteiger partial charge in [-0.25, -0.2) is 0 Å². The van der Waals surface area contributed by atoms with Crippen LogP contribution in [-0.4, -0.2) is 0 Å². The molecule has 0 bridgehead atoms. The van der Waals surface area contributed by atoms with Crippen molar-refractivity contribution in [2.45, 2.75) is 13.8 Å². The zero-order chi connectivity index (χ0) is 13.4. The first-order valence-electron chi connectivity index (χ1n) is 6.04. The molecule has 0 radical (unpaired) electrons. The van der Waals surface area contributed by atoms with Crippen molar-refractivity contribution in [1.29, 1.82) is 0 Å². The summed E-state index contributed by atoms with van der Waals surface area (Å²) in [4.78, 5) is 0. The molecule has 2 heteroatoms. The van der Waals surface area contributed by atoms with Gasteiger partial charge in [-0.3, -0.25) is 0 Å². The molecule has 0 saturated carbocycles. The Labute approximate surface area is 135 Å². The molecule has 0 amide bonds. The second kappa shape index (κ2) is 11.3. The Morgan fingerprint density at radius 1 is 0.600 bits per heavy atom. The maximum atomic E-state index is 3.66. The molecule has 0 aliphatic heterocycles. The van der Waals surface area contributed by atoms with Gasteiger partial charge in [-0.05, 0) is 25.0 Å². The van der Waals surface area contributed by atoms with E-state index in [1.54, 1.807) is 0 Å². The van der Waals surface area contributed by atoms with Crippen LogP contribution in [-0.2, 0) is 0 Å². The van der Waals surface area contributed by atoms with E-state index in [-0.39, 0.29) is 24.8 Å². The normalized spacial score (nSPS) is 8.10. The van der Waals surface area contributed by atoms with Crippen molar-refractivity contribution in [3.8, 4) is 0 Å². The second-order valence-electron chi connectivity index (χ2n) is 4.23. The van der Waals surface area contributed by atoms with Gasteiger partial charge in [-0.15, -0.1) is 24.8 Å². The topological polar surface area (TPSA) is 0 Å². The van der Waals surface area contributed by atoms with Gasteiger partial charge in [0, 0.05) is 0 Å². The Morgan fingerprint density at radius 2 is 0.850 bits per heavy atom. The van der Waals surface area contributed by atoms with Crippen molar-refractivity contribution in [3.05, 3.63) is 83.9 Å². The van der Waals surface area contributed by atoms with Gasteiger partial charge in [0.15, 0.2) is 0 Å². The highest BCUT2D eigenvalue weighted by Gasteiger charge is 1.83. The summed E-state index contributed by atoms with van der Waals surface area (Å²) in [6, 6.07) is 16.6. The third kappa shape index (κ3) is 7.83. The fourth-order valence-electron chi connectivity index (χ4n) is 1.41. The Hall–Kier alpha value is -1.50. The van der Waals surface area contributed by atoms with E-state index in [9.17, 15) is 0 Å². The Kier molecular flexibility index (Phi) is 11.8. The van der Waals surface area contributed by atoms with Gasteiger partial charge in [0.05, 0.1) is 0 Å². The third-order valence-corrected chi connectivity index (χ3v) is 2.63. The molecule has 2 aromatic carbocycles. The van der Waals surface area contributed by atoms with E-state index in [0.717, 1.165) is 0 Å². The van der Waals surface area contributed by atoms with Gasteiger partial charge >= 0.3 is 0 Å². The highest BCUT2D eigenvalue weighted by atomic mass is 35.5. The molecule has 0 saturated heterocycles. The number of aryl methyl sites for hydroxylation is 2. The SMILES string of the molecule is C=Cc1ccc(C)cc1.C=Cc1ccc(C)cc1.Cl.Cl. The summed E-state index contributed by atoms with van der Waals surface area (Å²) in [5.74, 6) is 0. The maximum Gasteiger partial charge on any atom is -0.0262 e. The average Bonchev–Trinajstić information content (AvgIpc) is 2.41. The predicted octanol–water partition coefficient (Wildman–Crippen LogP) is 6.12. The Bertz CT molecular complexity index is 446. The zero-order valence-electron chi connectivity index (χ0n) is 12.0. The lowest BCUT2D eigenvalue weighted by atomic mass is 10.2. The fourth-order valence-corrected chi connectivity index (χ4v) is 1.41. The van der Waals surface area contributed by atoms with Crippen LogP contribution in [0.3, 0.4) is 0 Å². The summed E-state index contributed by atoms with van der Waals surface area (Å²) in [6.45, 7) is 11.5. The molecule has 0 atom stereocenters. The minimum atomic E-state index is 0. The van der Waals surface area contributed by atoms with Crippen molar-refractivity contribution in [3.63, 3.8) is 0 Å². The van der Waals surface area contributed by atoms with E-state index < -0.39 is 0 Å². The minimum Gasteiger partial charge on any atom is -0.147 e. The van der Waals surface area contributed by atoms with Crippen molar-refractivity contribution in [1.82, 2.24) is 0 Å². The van der Waals surface area contributed by atoms with E-state index in [1.165, 1.54) is 22.3 Å². The monoisotopic (exact) mass is 308 g/mol. The molecule has 0 aliphatic rings. The fraction of sp³-hybridized carbons (Fsp3) is 0.111. The Balaban J connectivity index is 0. The molecule has 108 valence electrons. The number of hydrogen-bond acceptors (Lipinski definition) is 0. The van der Waals surface area contributed by atoms with Crippen LogP contribution in [0.15, 0.2) is 61.7 Å². The second-order valence-corrected chi connectivity index (χ2v) is 4.23. The van der Waals surface area contributed by atoms with Crippen molar-refractivity contribution >= 4 is 37.0 Å². The van der Waals surface area contributed by atoms with Gasteiger partial charge < -0.3 is 0 Å². The van der Waals surface area contributed by atoms with E-state index >= 15 is 0 Å². The summed E-state index contributed by atoms with van der Waals surface area (Å²) >= 11 is 0. The van der Waals surface area contributed by atoms with Crippen molar-refractivity contribution in [2.24, 2.45) is 0 Å². The number of benzene rings is 2. The Morgan fingerprint density at radius 3 is 1.05 bits per heavy atom. The summed E-state index contributed by atoms with van der Waals surface area (Å²) in [5.41, 5.74) is 4.95. The molecular weight excluding hydrogens is 287 g/mol. The van der Waals surface area contributed by atoms with Crippen molar-refractivity contribution in [2.75, 3.05) is 0 Å².